The molecular formula is C26H32O2. The van der Waals surface area contributed by atoms with Gasteiger partial charge in [0.1, 0.15) is 5.75 Å². The van der Waals surface area contributed by atoms with Crippen LogP contribution >= 0.6 is 0 Å². The average molecular weight is 377 g/mol. The number of aromatic hydroxyl groups is 1. The summed E-state index contributed by atoms with van der Waals surface area (Å²) in [6.07, 6.45) is 8.88. The van der Waals surface area contributed by atoms with Crippen LogP contribution in [0.25, 0.3) is 0 Å². The summed E-state index contributed by atoms with van der Waals surface area (Å²) in [5, 5.41) is 10.7. The smallest absolute Gasteiger partial charge is 0.163 e. The Hall–Kier alpha value is -2.61. The van der Waals surface area contributed by atoms with E-state index in [1.54, 1.807) is 6.07 Å². The van der Waals surface area contributed by atoms with Crippen LogP contribution in [-0.4, -0.2) is 10.9 Å². The van der Waals surface area contributed by atoms with E-state index in [2.05, 4.69) is 45.1 Å². The van der Waals surface area contributed by atoms with Crippen molar-refractivity contribution in [2.75, 3.05) is 0 Å². The van der Waals surface area contributed by atoms with Crippen molar-refractivity contribution in [1.29, 1.82) is 0 Å². The van der Waals surface area contributed by atoms with E-state index < -0.39 is 0 Å². The van der Waals surface area contributed by atoms with Gasteiger partial charge in [-0.15, -0.1) is 0 Å². The highest BCUT2D eigenvalue weighted by atomic mass is 16.3. The van der Waals surface area contributed by atoms with E-state index in [9.17, 15) is 9.90 Å². The second kappa shape index (κ2) is 10.7. The molecule has 0 aliphatic heterocycles. The third kappa shape index (κ3) is 6.53. The Morgan fingerprint density at radius 3 is 2.29 bits per heavy atom. The second-order valence-corrected chi connectivity index (χ2v) is 7.72. The van der Waals surface area contributed by atoms with Crippen molar-refractivity contribution in [2.24, 2.45) is 0 Å². The minimum absolute atomic E-state index is 0.0994. The third-order valence-corrected chi connectivity index (χ3v) is 5.03. The molecule has 0 aliphatic rings. The van der Waals surface area contributed by atoms with Crippen molar-refractivity contribution < 1.29 is 9.90 Å². The van der Waals surface area contributed by atoms with Crippen molar-refractivity contribution in [3.63, 3.8) is 0 Å². The number of carbonyl (C=O) groups is 1. The van der Waals surface area contributed by atoms with Crippen LogP contribution in [-0.2, 0) is 19.3 Å². The number of hydrogen-bond donors (Lipinski definition) is 1. The molecule has 0 fully saturated rings. The van der Waals surface area contributed by atoms with Crippen LogP contribution in [0.5, 0.6) is 5.75 Å². The minimum Gasteiger partial charge on any atom is -0.507 e. The summed E-state index contributed by atoms with van der Waals surface area (Å²) in [6, 6.07) is 14.1. The normalized spacial score (nSPS) is 11.4. The van der Waals surface area contributed by atoms with Crippen molar-refractivity contribution in [3.8, 4) is 5.75 Å². The lowest BCUT2D eigenvalue weighted by molar-refractivity contribution is 0.101. The van der Waals surface area contributed by atoms with E-state index in [1.165, 1.54) is 23.6 Å². The summed E-state index contributed by atoms with van der Waals surface area (Å²) < 4.78 is 0. The monoisotopic (exact) mass is 376 g/mol. The van der Waals surface area contributed by atoms with Gasteiger partial charge in [-0.2, -0.15) is 0 Å². The van der Waals surface area contributed by atoms with Crippen LogP contribution in [0.2, 0.25) is 0 Å². The van der Waals surface area contributed by atoms with Gasteiger partial charge < -0.3 is 5.11 Å². The number of Topliss-reactive ketones (excluding diaryl/α,β-unsaturated/α-hetero) is 1. The number of ketones is 1. The Morgan fingerprint density at radius 2 is 1.64 bits per heavy atom. The molecule has 1 N–H and O–H groups in total. The maximum Gasteiger partial charge on any atom is 0.163 e. The lowest BCUT2D eigenvalue weighted by atomic mass is 9.93. The van der Waals surface area contributed by atoms with Crippen molar-refractivity contribution in [2.45, 2.75) is 59.8 Å². The first kappa shape index (κ1) is 21.7. The molecule has 2 nitrogen and oxygen atoms in total. The van der Waals surface area contributed by atoms with Crippen LogP contribution in [0.1, 0.15) is 67.6 Å². The maximum atomic E-state index is 11.9. The van der Waals surface area contributed by atoms with Gasteiger partial charge in [0.25, 0.3) is 0 Å². The number of carbonyl (C=O) groups excluding carboxylic acids is 1. The molecule has 0 heterocycles. The molecule has 0 saturated carbocycles. The number of allylic oxidation sites excluding steroid dienone is 4. The SMILES string of the molecule is CC(=O)c1ccc(CCc2ccccc2)c(C/C=C(\C)CCC=C(C)C)c1O. The topological polar surface area (TPSA) is 37.3 Å². The van der Waals surface area contributed by atoms with Gasteiger partial charge >= 0.3 is 0 Å². The highest BCUT2D eigenvalue weighted by Crippen LogP contribution is 2.29. The van der Waals surface area contributed by atoms with Crippen LogP contribution in [0.3, 0.4) is 0 Å². The molecule has 0 radical (unpaired) electrons. The van der Waals surface area contributed by atoms with Crippen LogP contribution in [0, 0.1) is 0 Å². The molecule has 0 spiro atoms. The zero-order valence-corrected chi connectivity index (χ0v) is 17.6. The fourth-order valence-corrected chi connectivity index (χ4v) is 3.31. The van der Waals surface area contributed by atoms with Crippen molar-refractivity contribution in [3.05, 3.63) is 88.0 Å². The highest BCUT2D eigenvalue weighted by molar-refractivity contribution is 5.97. The molecule has 0 aliphatic carbocycles. The highest BCUT2D eigenvalue weighted by Gasteiger charge is 2.14. The third-order valence-electron chi connectivity index (χ3n) is 5.03. The van der Waals surface area contributed by atoms with E-state index in [0.717, 1.165) is 36.8 Å². The maximum absolute atomic E-state index is 11.9. The summed E-state index contributed by atoms with van der Waals surface area (Å²) >= 11 is 0. The first-order valence-electron chi connectivity index (χ1n) is 10.1. The van der Waals surface area contributed by atoms with Gasteiger partial charge in [-0.1, -0.05) is 59.7 Å². The molecule has 2 aromatic rings. The van der Waals surface area contributed by atoms with Crippen LogP contribution in [0.4, 0.5) is 0 Å². The summed E-state index contributed by atoms with van der Waals surface area (Å²) in [5.74, 6) is 0.0454. The van der Waals surface area contributed by atoms with E-state index in [0.29, 0.717) is 12.0 Å². The molecule has 0 atom stereocenters. The van der Waals surface area contributed by atoms with Gasteiger partial charge in [0, 0.05) is 5.56 Å². The molecule has 2 rings (SSSR count). The van der Waals surface area contributed by atoms with Gasteiger partial charge in [-0.25, -0.2) is 0 Å². The lowest BCUT2D eigenvalue weighted by Crippen LogP contribution is -2.02. The predicted molar refractivity (Wildman–Crippen MR) is 118 cm³/mol. The largest absolute Gasteiger partial charge is 0.507 e. The number of rotatable bonds is 9. The standard InChI is InChI=1S/C26H32O2/c1-19(2)9-8-10-20(3)13-17-25-23(15-14-22-11-6-5-7-12-22)16-18-24(21(4)27)26(25)28/h5-7,9,11-13,16,18,28H,8,10,14-15,17H2,1-4H3/b20-13+. The Balaban J connectivity index is 2.21. The quantitative estimate of drug-likeness (QED) is 0.395. The minimum atomic E-state index is -0.0994. The van der Waals surface area contributed by atoms with Gasteiger partial charge in [-0.05, 0) is 77.0 Å². The Morgan fingerprint density at radius 1 is 0.929 bits per heavy atom. The molecule has 0 aromatic heterocycles. The summed E-state index contributed by atoms with van der Waals surface area (Å²) in [7, 11) is 0. The molecule has 0 amide bonds. The summed E-state index contributed by atoms with van der Waals surface area (Å²) in [5.41, 5.74) is 6.32. The van der Waals surface area contributed by atoms with Crippen LogP contribution in [0.15, 0.2) is 65.8 Å². The first-order valence-corrected chi connectivity index (χ1v) is 10.1. The number of phenols is 1. The predicted octanol–water partition coefficient (Wildman–Crippen LogP) is 6.62. The summed E-state index contributed by atoms with van der Waals surface area (Å²) in [6.45, 7) is 7.87. The fourth-order valence-electron chi connectivity index (χ4n) is 3.31. The zero-order valence-electron chi connectivity index (χ0n) is 17.6. The van der Waals surface area contributed by atoms with Gasteiger partial charge in [0.15, 0.2) is 5.78 Å². The molecule has 148 valence electrons. The number of aryl methyl sites for hydroxylation is 2. The number of phenolic OH excluding ortho intramolecular Hbond substituents is 1. The Labute approximate surface area is 169 Å². The van der Waals surface area contributed by atoms with E-state index in [4.69, 9.17) is 0 Å². The average Bonchev–Trinajstić information content (AvgIpc) is 2.65. The van der Waals surface area contributed by atoms with Crippen molar-refractivity contribution in [1.82, 2.24) is 0 Å². The van der Waals surface area contributed by atoms with Gasteiger partial charge in [0.2, 0.25) is 0 Å². The fraction of sp³-hybridized carbons (Fsp3) is 0.346. The molecule has 28 heavy (non-hydrogen) atoms. The molecule has 0 unspecified atom stereocenters. The first-order chi connectivity index (χ1) is 13.4. The van der Waals surface area contributed by atoms with E-state index in [-0.39, 0.29) is 11.5 Å². The Kier molecular flexibility index (Phi) is 8.25. The molecule has 0 bridgehead atoms. The van der Waals surface area contributed by atoms with Gasteiger partial charge in [0.05, 0.1) is 5.56 Å². The second-order valence-electron chi connectivity index (χ2n) is 7.72. The zero-order chi connectivity index (χ0) is 20.5. The molecule has 2 heteroatoms. The lowest BCUT2D eigenvalue weighted by Gasteiger charge is -2.14. The molecular weight excluding hydrogens is 344 g/mol. The Bertz CT molecular complexity index is 854. The summed E-state index contributed by atoms with van der Waals surface area (Å²) in [4.78, 5) is 11.9. The molecule has 2 aromatic carbocycles. The van der Waals surface area contributed by atoms with Gasteiger partial charge in [-0.3, -0.25) is 4.79 Å². The van der Waals surface area contributed by atoms with E-state index >= 15 is 0 Å². The molecule has 0 saturated heterocycles. The van der Waals surface area contributed by atoms with Crippen LogP contribution < -0.4 is 0 Å². The van der Waals surface area contributed by atoms with Crippen molar-refractivity contribution >= 4 is 5.78 Å². The number of hydrogen-bond acceptors (Lipinski definition) is 2. The van der Waals surface area contributed by atoms with E-state index in [1.807, 2.05) is 24.3 Å². The number of benzene rings is 2.